The summed E-state index contributed by atoms with van der Waals surface area (Å²) < 4.78 is 20.2. The van der Waals surface area contributed by atoms with Gasteiger partial charge >= 0.3 is 13.3 Å². The topological polar surface area (TPSA) is 147 Å². The molecule has 1 heterocycles. The number of benzene rings is 1. The van der Waals surface area contributed by atoms with Crippen LogP contribution in [0.25, 0.3) is 0 Å². The van der Waals surface area contributed by atoms with E-state index < -0.39 is 32.3 Å². The Hall–Kier alpha value is -2.81. The zero-order valence-corrected chi connectivity index (χ0v) is 16.7. The second kappa shape index (κ2) is 12.0. The second-order valence-corrected chi connectivity index (χ2v) is 6.61. The number of hydrogen-bond donors (Lipinski definition) is 3. The van der Waals surface area contributed by atoms with Gasteiger partial charge in [0.2, 0.25) is 5.91 Å². The summed E-state index contributed by atoms with van der Waals surface area (Å²) in [4.78, 5) is 23.2. The first-order valence-electron chi connectivity index (χ1n) is 9.68. The molecule has 1 unspecified atom stereocenters. The van der Waals surface area contributed by atoms with Crippen molar-refractivity contribution in [2.24, 2.45) is 0 Å². The molecule has 1 aliphatic heterocycles. The van der Waals surface area contributed by atoms with Gasteiger partial charge < -0.3 is 34.3 Å². The highest BCUT2D eigenvalue weighted by Gasteiger charge is 2.37. The Balaban J connectivity index is 1.93. The Morgan fingerprint density at radius 3 is 2.97 bits per heavy atom. The molecule has 1 aromatic rings. The summed E-state index contributed by atoms with van der Waals surface area (Å²) in [6.45, 7) is 1.67. The maximum absolute atomic E-state index is 11.8. The molecule has 1 amide bonds. The lowest BCUT2D eigenvalue weighted by molar-refractivity contribution is -0.162. The van der Waals surface area contributed by atoms with Crippen LogP contribution >= 0.6 is 0 Å². The molecule has 0 fully saturated rings. The van der Waals surface area contributed by atoms with Crippen LogP contribution in [0.1, 0.15) is 50.0 Å². The second-order valence-electron chi connectivity index (χ2n) is 6.61. The Bertz CT molecular complexity index is 769. The first kappa shape index (κ1) is 23.5. The molecule has 2 rings (SSSR count). The van der Waals surface area contributed by atoms with Gasteiger partial charge in [0.15, 0.2) is 13.1 Å². The van der Waals surface area contributed by atoms with E-state index in [4.69, 9.17) is 24.1 Å². The summed E-state index contributed by atoms with van der Waals surface area (Å²) in [7, 11) is -1.35. The maximum Gasteiger partial charge on any atom is 0.547 e. The third-order valence-electron chi connectivity index (χ3n) is 4.35. The number of ether oxygens (including phenoxy) is 3. The van der Waals surface area contributed by atoms with Crippen molar-refractivity contribution in [2.45, 2.75) is 51.3 Å². The van der Waals surface area contributed by atoms with Crippen LogP contribution in [0.3, 0.4) is 0 Å². The molecular formula is C19H25BN2O8. The van der Waals surface area contributed by atoms with E-state index >= 15 is 0 Å². The quantitative estimate of drug-likeness (QED) is 0.221. The van der Waals surface area contributed by atoms with Gasteiger partial charge in [-0.15, -0.1) is 0 Å². The number of fused-ring (bicyclic) bond motifs is 1. The van der Waals surface area contributed by atoms with Gasteiger partial charge in [0.05, 0.1) is 18.6 Å². The summed E-state index contributed by atoms with van der Waals surface area (Å²) >= 11 is 0. The van der Waals surface area contributed by atoms with Gasteiger partial charge in [-0.05, 0) is 18.4 Å². The van der Waals surface area contributed by atoms with Crippen LogP contribution in [0.2, 0.25) is 0 Å². The van der Waals surface area contributed by atoms with Crippen LogP contribution in [-0.4, -0.2) is 48.7 Å². The molecule has 0 radical (unpaired) electrons. The molecule has 0 saturated carbocycles. The average molecular weight is 420 g/mol. The molecule has 11 heteroatoms. The SMILES string of the molecule is CCCCOC(=O)OCOC(O)c1cccc2c1OB(O)[C@@H](NC(=O)CCC#N)C2. The molecule has 1 aliphatic rings. The van der Waals surface area contributed by atoms with Crippen molar-refractivity contribution in [3.05, 3.63) is 29.3 Å². The van der Waals surface area contributed by atoms with Crippen LogP contribution < -0.4 is 9.97 Å². The summed E-state index contributed by atoms with van der Waals surface area (Å²) in [6.07, 6.45) is -0.417. The monoisotopic (exact) mass is 420 g/mol. The predicted molar refractivity (Wildman–Crippen MR) is 104 cm³/mol. The van der Waals surface area contributed by atoms with Crippen molar-refractivity contribution in [2.75, 3.05) is 13.4 Å². The maximum atomic E-state index is 11.8. The third-order valence-corrected chi connectivity index (χ3v) is 4.35. The fourth-order valence-corrected chi connectivity index (χ4v) is 2.79. The number of aliphatic hydroxyl groups is 1. The standard InChI is InChI=1S/C19H25BN2O8/c1-2-3-10-27-19(25)29-12-28-18(24)14-7-4-6-13-11-15(20(26)30-17(13)14)22-16(23)8-5-9-21/h4,6-7,15,18,24,26H,2-3,5,8,10-12H2,1H3,(H,22,23)/t15-,18?/m0/s1. The lowest BCUT2D eigenvalue weighted by Gasteiger charge is -2.30. The Labute approximate surface area is 174 Å². The minimum Gasteiger partial charge on any atom is -0.534 e. The number of nitrogens with one attached hydrogen (secondary N) is 1. The van der Waals surface area contributed by atoms with Gasteiger partial charge in [0.1, 0.15) is 5.75 Å². The van der Waals surface area contributed by atoms with Crippen molar-refractivity contribution in [3.8, 4) is 11.8 Å². The number of para-hydroxylation sites is 1. The average Bonchev–Trinajstić information content (AvgIpc) is 2.72. The minimum absolute atomic E-state index is 0.0278. The normalized spacial score (nSPS) is 15.9. The number of rotatable bonds is 10. The van der Waals surface area contributed by atoms with Gasteiger partial charge in [-0.1, -0.05) is 31.5 Å². The molecule has 30 heavy (non-hydrogen) atoms. The largest absolute Gasteiger partial charge is 0.547 e. The number of unbranched alkanes of at least 4 members (excludes halogenated alkanes) is 1. The summed E-state index contributed by atoms with van der Waals surface area (Å²) in [5.41, 5.74) is 0.884. The highest BCUT2D eigenvalue weighted by atomic mass is 16.8. The van der Waals surface area contributed by atoms with Crippen LogP contribution in [0, 0.1) is 11.3 Å². The van der Waals surface area contributed by atoms with Crippen LogP contribution in [0.4, 0.5) is 4.79 Å². The molecule has 3 N–H and O–H groups in total. The molecule has 0 spiro atoms. The number of aliphatic hydroxyl groups excluding tert-OH is 1. The van der Waals surface area contributed by atoms with E-state index in [9.17, 15) is 19.7 Å². The number of nitriles is 1. The molecule has 0 saturated heterocycles. The fraction of sp³-hybridized carbons (Fsp3) is 0.526. The predicted octanol–water partition coefficient (Wildman–Crippen LogP) is 1.35. The summed E-state index contributed by atoms with van der Waals surface area (Å²) in [5, 5.41) is 31.7. The fourth-order valence-electron chi connectivity index (χ4n) is 2.79. The zero-order valence-electron chi connectivity index (χ0n) is 16.7. The first-order valence-corrected chi connectivity index (χ1v) is 9.68. The molecule has 0 bridgehead atoms. The smallest absolute Gasteiger partial charge is 0.534 e. The van der Waals surface area contributed by atoms with Crippen molar-refractivity contribution in [1.29, 1.82) is 5.26 Å². The number of nitrogens with zero attached hydrogens (tertiary/aromatic N) is 1. The summed E-state index contributed by atoms with van der Waals surface area (Å²) in [6, 6.07) is 6.82. The van der Waals surface area contributed by atoms with Crippen LogP contribution in [0.5, 0.6) is 5.75 Å². The van der Waals surface area contributed by atoms with Crippen LogP contribution in [-0.2, 0) is 25.4 Å². The van der Waals surface area contributed by atoms with Crippen molar-refractivity contribution in [1.82, 2.24) is 5.32 Å². The molecular weight excluding hydrogens is 395 g/mol. The van der Waals surface area contributed by atoms with Crippen LogP contribution in [0.15, 0.2) is 18.2 Å². The third kappa shape index (κ3) is 6.91. The highest BCUT2D eigenvalue weighted by Crippen LogP contribution is 2.34. The molecule has 2 atom stereocenters. The van der Waals surface area contributed by atoms with Crippen molar-refractivity contribution >= 4 is 19.2 Å². The minimum atomic E-state index is -1.47. The van der Waals surface area contributed by atoms with Gasteiger partial charge in [0.25, 0.3) is 0 Å². The Morgan fingerprint density at radius 2 is 2.23 bits per heavy atom. The number of carbonyl (C=O) groups excluding carboxylic acids is 2. The Kier molecular flexibility index (Phi) is 9.40. The number of hydrogen-bond acceptors (Lipinski definition) is 9. The lowest BCUT2D eigenvalue weighted by Crippen LogP contribution is -2.53. The Morgan fingerprint density at radius 1 is 1.43 bits per heavy atom. The summed E-state index contributed by atoms with van der Waals surface area (Å²) in [5.74, 6) is -0.834. The van der Waals surface area contributed by atoms with Gasteiger partial charge in [-0.2, -0.15) is 5.26 Å². The van der Waals surface area contributed by atoms with E-state index in [-0.39, 0.29) is 43.1 Å². The van der Waals surface area contributed by atoms with E-state index in [1.807, 2.05) is 13.0 Å². The van der Waals surface area contributed by atoms with Crippen molar-refractivity contribution in [3.63, 3.8) is 0 Å². The number of carbonyl (C=O) groups is 2. The lowest BCUT2D eigenvalue weighted by atomic mass is 9.72. The highest BCUT2D eigenvalue weighted by molar-refractivity contribution is 6.46. The van der Waals surface area contributed by atoms with E-state index in [1.54, 1.807) is 18.2 Å². The van der Waals surface area contributed by atoms with Gasteiger partial charge in [-0.25, -0.2) is 4.79 Å². The van der Waals surface area contributed by atoms with E-state index in [2.05, 4.69) is 5.32 Å². The molecule has 1 aromatic carbocycles. The van der Waals surface area contributed by atoms with E-state index in [1.165, 1.54) is 0 Å². The zero-order chi connectivity index (χ0) is 21.9. The van der Waals surface area contributed by atoms with Crippen molar-refractivity contribution < 1.29 is 38.6 Å². The van der Waals surface area contributed by atoms with E-state index in [0.29, 0.717) is 12.0 Å². The molecule has 0 aliphatic carbocycles. The van der Waals surface area contributed by atoms with Gasteiger partial charge in [0, 0.05) is 18.4 Å². The van der Waals surface area contributed by atoms with E-state index in [0.717, 1.165) is 6.42 Å². The van der Waals surface area contributed by atoms with Gasteiger partial charge in [-0.3, -0.25) is 4.79 Å². The molecule has 10 nitrogen and oxygen atoms in total. The number of amides is 1. The first-order chi connectivity index (χ1) is 14.5. The molecule has 0 aromatic heterocycles. The molecule has 162 valence electrons.